The normalized spacial score (nSPS) is 25.5. The maximum Gasteiger partial charge on any atom is 0.408 e. The Balaban J connectivity index is 1.18. The Morgan fingerprint density at radius 2 is 1.84 bits per heavy atom. The van der Waals surface area contributed by atoms with Gasteiger partial charge in [0.2, 0.25) is 21.8 Å². The average molecular weight is 862 g/mol. The number of ether oxygens (including phenoxy) is 3. The Bertz CT molecular complexity index is 2570. The van der Waals surface area contributed by atoms with Crippen LogP contribution < -0.4 is 24.8 Å². The summed E-state index contributed by atoms with van der Waals surface area (Å²) in [7, 11) is -3.94. The molecule has 2 aliphatic carbocycles. The maximum absolute atomic E-state index is 14.8. The number of nitrogens with one attached hydrogen (secondary N) is 3. The third-order valence-corrected chi connectivity index (χ3v) is 13.6. The summed E-state index contributed by atoms with van der Waals surface area (Å²) in [4.78, 5) is 62.5. The van der Waals surface area contributed by atoms with E-state index >= 15 is 0 Å². The first kappa shape index (κ1) is 42.2. The zero-order valence-electron chi connectivity index (χ0n) is 35.0. The van der Waals surface area contributed by atoms with E-state index in [9.17, 15) is 32.0 Å². The predicted octanol–water partition coefficient (Wildman–Crippen LogP) is 6.23. The fourth-order valence-electron chi connectivity index (χ4n) is 8.45. The molecule has 61 heavy (non-hydrogen) atoms. The molecule has 5 atom stereocenters. The SMILES string of the molecule is CCOc1ccc2c(oc3c(O[C@H]4C[C@H]5C(=O)N[C@]6(C(=O)NS(=O)(=O)C7CC7)C[C@H]6/C=C\CCCCC[C@@H](NC(=O)OC(C)(C)C)C(=O)N5C4)c4ccc(F)cc4nc32)c1C. The van der Waals surface area contributed by atoms with Gasteiger partial charge in [-0.2, -0.15) is 0 Å². The number of halogens is 1. The molecule has 0 spiro atoms. The highest BCUT2D eigenvalue weighted by molar-refractivity contribution is 7.91. The zero-order chi connectivity index (χ0) is 43.4. The van der Waals surface area contributed by atoms with Crippen molar-refractivity contribution >= 4 is 66.8 Å². The number of rotatable bonds is 8. The molecule has 1 saturated heterocycles. The highest BCUT2D eigenvalue weighted by Crippen LogP contribution is 2.47. The lowest BCUT2D eigenvalue weighted by atomic mass is 10.0. The van der Waals surface area contributed by atoms with Gasteiger partial charge < -0.3 is 34.2 Å². The van der Waals surface area contributed by atoms with Gasteiger partial charge in [-0.1, -0.05) is 25.0 Å². The molecule has 2 saturated carbocycles. The van der Waals surface area contributed by atoms with Gasteiger partial charge in [0.05, 0.1) is 23.9 Å². The van der Waals surface area contributed by atoms with Crippen LogP contribution in [0.3, 0.4) is 0 Å². The number of fused-ring (bicyclic) bond motifs is 6. The van der Waals surface area contributed by atoms with Gasteiger partial charge in [-0.05, 0) is 97.4 Å². The van der Waals surface area contributed by atoms with Crippen molar-refractivity contribution in [1.29, 1.82) is 0 Å². The summed E-state index contributed by atoms with van der Waals surface area (Å²) in [5.41, 5.74) is -0.205. The number of allylic oxidation sites excluding steroid dienone is 1. The molecular weight excluding hydrogens is 810 g/mol. The van der Waals surface area contributed by atoms with E-state index in [2.05, 4.69) is 15.4 Å². The van der Waals surface area contributed by atoms with Crippen LogP contribution in [0.4, 0.5) is 9.18 Å². The second kappa shape index (κ2) is 16.1. The minimum Gasteiger partial charge on any atom is -0.493 e. The van der Waals surface area contributed by atoms with Crippen molar-refractivity contribution in [3.8, 4) is 11.5 Å². The molecule has 326 valence electrons. The second-order valence-corrected chi connectivity index (χ2v) is 19.5. The largest absolute Gasteiger partial charge is 0.493 e. The molecule has 2 aliphatic heterocycles. The summed E-state index contributed by atoms with van der Waals surface area (Å²) < 4.78 is 67.5. The summed E-state index contributed by atoms with van der Waals surface area (Å²) in [6.45, 7) is 9.18. The number of pyridine rings is 1. The number of aromatic nitrogens is 1. The molecule has 2 aromatic carbocycles. The molecule has 0 radical (unpaired) electrons. The lowest BCUT2D eigenvalue weighted by Gasteiger charge is -2.30. The van der Waals surface area contributed by atoms with E-state index in [1.54, 1.807) is 20.8 Å². The molecule has 0 unspecified atom stereocenters. The van der Waals surface area contributed by atoms with Crippen LogP contribution in [0.25, 0.3) is 33.0 Å². The van der Waals surface area contributed by atoms with Crippen LogP contribution in [-0.2, 0) is 29.1 Å². The van der Waals surface area contributed by atoms with E-state index in [0.717, 1.165) is 18.4 Å². The summed E-state index contributed by atoms with van der Waals surface area (Å²) >= 11 is 0. The molecule has 15 nitrogen and oxygen atoms in total. The van der Waals surface area contributed by atoms with E-state index in [-0.39, 0.29) is 37.1 Å². The van der Waals surface area contributed by atoms with Gasteiger partial charge in [-0.3, -0.25) is 19.1 Å². The van der Waals surface area contributed by atoms with Gasteiger partial charge in [-0.25, -0.2) is 22.6 Å². The van der Waals surface area contributed by atoms with E-state index in [1.165, 1.54) is 23.1 Å². The number of alkyl carbamates (subject to hydrolysis) is 1. The topological polar surface area (TPSA) is 195 Å². The van der Waals surface area contributed by atoms with Crippen molar-refractivity contribution in [2.24, 2.45) is 5.92 Å². The van der Waals surface area contributed by atoms with E-state index in [0.29, 0.717) is 65.4 Å². The third kappa shape index (κ3) is 8.57. The van der Waals surface area contributed by atoms with Crippen LogP contribution in [0.1, 0.15) is 91.0 Å². The highest BCUT2D eigenvalue weighted by atomic mass is 32.2. The summed E-state index contributed by atoms with van der Waals surface area (Å²) in [6, 6.07) is 5.44. The summed E-state index contributed by atoms with van der Waals surface area (Å²) in [5.74, 6) is -2.21. The Morgan fingerprint density at radius 1 is 1.07 bits per heavy atom. The quantitative estimate of drug-likeness (QED) is 0.170. The molecule has 17 heteroatoms. The first-order chi connectivity index (χ1) is 29.0. The smallest absolute Gasteiger partial charge is 0.408 e. The number of carbonyl (C=O) groups excluding carboxylic acids is 4. The molecule has 0 bridgehead atoms. The first-order valence-electron chi connectivity index (χ1n) is 21.1. The Kier molecular flexibility index (Phi) is 11.2. The summed E-state index contributed by atoms with van der Waals surface area (Å²) in [5, 5.41) is 6.04. The van der Waals surface area contributed by atoms with Crippen molar-refractivity contribution < 1.29 is 50.6 Å². The Morgan fingerprint density at radius 3 is 2.57 bits per heavy atom. The zero-order valence-corrected chi connectivity index (χ0v) is 35.8. The monoisotopic (exact) mass is 861 g/mol. The number of aryl methyl sites for hydroxylation is 1. The molecule has 4 aromatic rings. The van der Waals surface area contributed by atoms with Crippen LogP contribution in [-0.4, -0.2) is 89.8 Å². The number of furan rings is 1. The standard InChI is InChI=1S/C44H52FN5O10S/c1-6-57-34-19-18-30-35-38(59-36(30)24(34)2)37(29-17-14-26(45)20-32(29)46-35)58-27-21-33-39(51)48-44(41(53)49-61(55,56)28-15-16-28)22-25(44)12-10-8-7-9-11-13-31(40(52)50(33)23-27)47-42(54)60-43(3,4)5/h10,12,14,17-20,25,27-28,31,33H,6-9,11,13,15-16,21-23H2,1-5H3,(H,47,54)(H,48,51)(H,49,53)/b12-10-/t25-,27+,31-,33+,44-/m1/s1. The van der Waals surface area contributed by atoms with Gasteiger partial charge in [-0.15, -0.1) is 0 Å². The van der Waals surface area contributed by atoms with Crippen LogP contribution in [0, 0.1) is 18.7 Å². The fourth-order valence-corrected chi connectivity index (χ4v) is 9.82. The van der Waals surface area contributed by atoms with Crippen molar-refractivity contribution in [2.45, 2.75) is 127 Å². The van der Waals surface area contributed by atoms with Gasteiger partial charge in [0.15, 0.2) is 11.3 Å². The molecule has 4 heterocycles. The van der Waals surface area contributed by atoms with Gasteiger partial charge in [0.1, 0.15) is 52.0 Å². The maximum atomic E-state index is 14.8. The molecule has 2 aromatic heterocycles. The highest BCUT2D eigenvalue weighted by Gasteiger charge is 2.62. The predicted molar refractivity (Wildman–Crippen MR) is 224 cm³/mol. The van der Waals surface area contributed by atoms with E-state index in [4.69, 9.17) is 23.6 Å². The van der Waals surface area contributed by atoms with Gasteiger partial charge in [0.25, 0.3) is 5.91 Å². The number of hydrogen-bond donors (Lipinski definition) is 3. The van der Waals surface area contributed by atoms with Gasteiger partial charge in [0, 0.05) is 34.7 Å². The van der Waals surface area contributed by atoms with Crippen LogP contribution in [0.15, 0.2) is 46.9 Å². The van der Waals surface area contributed by atoms with Crippen molar-refractivity contribution in [2.75, 3.05) is 13.2 Å². The van der Waals surface area contributed by atoms with E-state index < -0.39 is 80.2 Å². The number of sulfonamides is 1. The van der Waals surface area contributed by atoms with Gasteiger partial charge >= 0.3 is 6.09 Å². The Labute approximate surface area is 353 Å². The van der Waals surface area contributed by atoms with Crippen LogP contribution in [0.2, 0.25) is 0 Å². The Hall–Kier alpha value is -5.45. The van der Waals surface area contributed by atoms with Crippen molar-refractivity contribution in [3.05, 3.63) is 53.9 Å². The number of hydrogen-bond acceptors (Lipinski definition) is 11. The summed E-state index contributed by atoms with van der Waals surface area (Å²) in [6.07, 6.45) is 6.09. The molecule has 4 aliphatic rings. The number of carbonyl (C=O) groups is 4. The van der Waals surface area contributed by atoms with Crippen molar-refractivity contribution in [3.63, 3.8) is 0 Å². The molecule has 3 N–H and O–H groups in total. The molecule has 4 amide bonds. The third-order valence-electron chi connectivity index (χ3n) is 11.8. The molecule has 3 fully saturated rings. The fraction of sp³-hybridized carbons (Fsp3) is 0.523. The lowest BCUT2D eigenvalue weighted by molar-refractivity contribution is -0.141. The molecule has 8 rings (SSSR count). The minimum absolute atomic E-state index is 0.0600. The molecular formula is C44H52FN5O10S. The number of nitrogens with zero attached hydrogens (tertiary/aromatic N) is 2. The lowest BCUT2D eigenvalue weighted by Crippen LogP contribution is -2.58. The van der Waals surface area contributed by atoms with Crippen LogP contribution in [0.5, 0.6) is 11.5 Å². The minimum atomic E-state index is -3.94. The van der Waals surface area contributed by atoms with E-state index in [1.807, 2.05) is 38.1 Å². The number of amides is 4. The van der Waals surface area contributed by atoms with Crippen LogP contribution >= 0.6 is 0 Å². The second-order valence-electron chi connectivity index (χ2n) is 17.6. The average Bonchev–Trinajstić information content (AvgIpc) is 4.09. The number of benzene rings is 2. The van der Waals surface area contributed by atoms with Crippen molar-refractivity contribution in [1.82, 2.24) is 25.2 Å². The first-order valence-corrected chi connectivity index (χ1v) is 22.6.